The summed E-state index contributed by atoms with van der Waals surface area (Å²) in [5.41, 5.74) is 9.63. The van der Waals surface area contributed by atoms with E-state index in [4.69, 9.17) is 10.5 Å². The molecule has 0 aliphatic rings. The zero-order chi connectivity index (χ0) is 11.3. The van der Waals surface area contributed by atoms with Gasteiger partial charge in [0, 0.05) is 6.04 Å². The van der Waals surface area contributed by atoms with E-state index in [-0.39, 0.29) is 6.04 Å². The van der Waals surface area contributed by atoms with Gasteiger partial charge in [0.1, 0.15) is 0 Å². The number of hydrogen-bond acceptors (Lipinski definition) is 2. The summed E-state index contributed by atoms with van der Waals surface area (Å²) in [6.07, 6.45) is 0.965. The molecule has 0 aliphatic heterocycles. The Hall–Kier alpha value is -0.860. The maximum Gasteiger partial charge on any atom is 0.0717 e. The van der Waals surface area contributed by atoms with Crippen LogP contribution in [0.15, 0.2) is 18.2 Å². The Bertz CT molecular complexity index is 309. The SMILES string of the molecule is CCC(N)COCc1ccc(C)c(C)c1. The molecule has 1 atom stereocenters. The fourth-order valence-electron chi connectivity index (χ4n) is 1.34. The van der Waals surface area contributed by atoms with Crippen molar-refractivity contribution in [1.29, 1.82) is 0 Å². The average Bonchev–Trinajstić information content (AvgIpc) is 2.23. The van der Waals surface area contributed by atoms with Gasteiger partial charge in [0.05, 0.1) is 13.2 Å². The molecule has 0 saturated carbocycles. The van der Waals surface area contributed by atoms with Crippen molar-refractivity contribution in [2.75, 3.05) is 6.61 Å². The fourth-order valence-corrected chi connectivity index (χ4v) is 1.34. The molecule has 1 aromatic rings. The normalized spacial score (nSPS) is 12.8. The topological polar surface area (TPSA) is 35.2 Å². The van der Waals surface area contributed by atoms with E-state index in [2.05, 4.69) is 39.0 Å². The minimum Gasteiger partial charge on any atom is -0.375 e. The van der Waals surface area contributed by atoms with E-state index >= 15 is 0 Å². The smallest absolute Gasteiger partial charge is 0.0717 e. The van der Waals surface area contributed by atoms with Crippen LogP contribution in [-0.4, -0.2) is 12.6 Å². The van der Waals surface area contributed by atoms with Crippen LogP contribution in [0.1, 0.15) is 30.0 Å². The van der Waals surface area contributed by atoms with Crippen molar-refractivity contribution in [2.45, 2.75) is 39.8 Å². The number of aryl methyl sites for hydroxylation is 2. The second-order valence-corrected chi connectivity index (χ2v) is 4.10. The third-order valence-corrected chi connectivity index (χ3v) is 2.70. The standard InChI is InChI=1S/C13H21NO/c1-4-13(14)9-15-8-12-6-5-10(2)11(3)7-12/h5-7,13H,4,8-9,14H2,1-3H3. The molecule has 1 rings (SSSR count). The van der Waals surface area contributed by atoms with Crippen LogP contribution in [0, 0.1) is 13.8 Å². The van der Waals surface area contributed by atoms with Crippen LogP contribution < -0.4 is 5.73 Å². The lowest BCUT2D eigenvalue weighted by Crippen LogP contribution is -2.24. The molecule has 84 valence electrons. The van der Waals surface area contributed by atoms with Gasteiger partial charge in [-0.15, -0.1) is 0 Å². The zero-order valence-corrected chi connectivity index (χ0v) is 9.92. The van der Waals surface area contributed by atoms with Gasteiger partial charge in [-0.3, -0.25) is 0 Å². The van der Waals surface area contributed by atoms with Gasteiger partial charge in [-0.05, 0) is 37.0 Å². The summed E-state index contributed by atoms with van der Waals surface area (Å²) >= 11 is 0. The molecule has 0 amide bonds. The average molecular weight is 207 g/mol. The Balaban J connectivity index is 2.41. The van der Waals surface area contributed by atoms with Crippen LogP contribution >= 0.6 is 0 Å². The van der Waals surface area contributed by atoms with E-state index in [9.17, 15) is 0 Å². The first kappa shape index (κ1) is 12.2. The maximum atomic E-state index is 5.77. The predicted molar refractivity (Wildman–Crippen MR) is 63.8 cm³/mol. The van der Waals surface area contributed by atoms with Gasteiger partial charge in [0.15, 0.2) is 0 Å². The Labute approximate surface area is 92.4 Å². The summed E-state index contributed by atoms with van der Waals surface area (Å²) in [6, 6.07) is 6.58. The van der Waals surface area contributed by atoms with E-state index in [1.165, 1.54) is 16.7 Å². The Morgan fingerprint density at radius 3 is 2.60 bits per heavy atom. The first-order valence-corrected chi connectivity index (χ1v) is 5.53. The second kappa shape index (κ2) is 5.89. The highest BCUT2D eigenvalue weighted by Gasteiger charge is 2.00. The van der Waals surface area contributed by atoms with Crippen LogP contribution in [0.4, 0.5) is 0 Å². The minimum absolute atomic E-state index is 0.163. The number of rotatable bonds is 5. The first-order chi connectivity index (χ1) is 7.13. The molecule has 1 aromatic carbocycles. The molecule has 2 nitrogen and oxygen atoms in total. The minimum atomic E-state index is 0.163. The third-order valence-electron chi connectivity index (χ3n) is 2.70. The third kappa shape index (κ3) is 4.02. The lowest BCUT2D eigenvalue weighted by atomic mass is 10.1. The molecular formula is C13H21NO. The van der Waals surface area contributed by atoms with Gasteiger partial charge >= 0.3 is 0 Å². The van der Waals surface area contributed by atoms with E-state index < -0.39 is 0 Å². The highest BCUT2D eigenvalue weighted by molar-refractivity contribution is 5.29. The van der Waals surface area contributed by atoms with Crippen LogP contribution in [0.3, 0.4) is 0 Å². The van der Waals surface area contributed by atoms with Crippen LogP contribution in [0.5, 0.6) is 0 Å². The molecule has 0 fully saturated rings. The van der Waals surface area contributed by atoms with Gasteiger partial charge in [-0.1, -0.05) is 25.1 Å². The van der Waals surface area contributed by atoms with Gasteiger partial charge < -0.3 is 10.5 Å². The Kier molecular flexibility index (Phi) is 4.79. The van der Waals surface area contributed by atoms with Gasteiger partial charge in [-0.25, -0.2) is 0 Å². The Morgan fingerprint density at radius 1 is 1.27 bits per heavy atom. The zero-order valence-electron chi connectivity index (χ0n) is 9.92. The molecule has 0 radical (unpaired) electrons. The Morgan fingerprint density at radius 2 is 2.00 bits per heavy atom. The van der Waals surface area contributed by atoms with E-state index in [0.29, 0.717) is 13.2 Å². The molecule has 2 heteroatoms. The molecule has 0 aliphatic carbocycles. The summed E-state index contributed by atoms with van der Waals surface area (Å²) in [6.45, 7) is 7.62. The summed E-state index contributed by atoms with van der Waals surface area (Å²) in [5.74, 6) is 0. The molecule has 0 saturated heterocycles. The summed E-state index contributed by atoms with van der Waals surface area (Å²) < 4.78 is 5.54. The fraction of sp³-hybridized carbons (Fsp3) is 0.538. The number of nitrogens with two attached hydrogens (primary N) is 1. The molecule has 0 bridgehead atoms. The quantitative estimate of drug-likeness (QED) is 0.805. The number of benzene rings is 1. The van der Waals surface area contributed by atoms with E-state index in [0.717, 1.165) is 6.42 Å². The van der Waals surface area contributed by atoms with Gasteiger partial charge in [0.2, 0.25) is 0 Å². The molecule has 0 spiro atoms. The van der Waals surface area contributed by atoms with Crippen molar-refractivity contribution in [2.24, 2.45) is 5.73 Å². The van der Waals surface area contributed by atoms with Crippen LogP contribution in [0.25, 0.3) is 0 Å². The molecule has 0 heterocycles. The molecule has 0 aromatic heterocycles. The van der Waals surface area contributed by atoms with Crippen molar-refractivity contribution in [1.82, 2.24) is 0 Å². The molecular weight excluding hydrogens is 186 g/mol. The highest BCUT2D eigenvalue weighted by Crippen LogP contribution is 2.10. The van der Waals surface area contributed by atoms with E-state index in [1.807, 2.05) is 0 Å². The first-order valence-electron chi connectivity index (χ1n) is 5.53. The molecule has 1 unspecified atom stereocenters. The molecule has 15 heavy (non-hydrogen) atoms. The van der Waals surface area contributed by atoms with Crippen molar-refractivity contribution in [3.8, 4) is 0 Å². The van der Waals surface area contributed by atoms with Gasteiger partial charge in [-0.2, -0.15) is 0 Å². The lowest BCUT2D eigenvalue weighted by molar-refractivity contribution is 0.107. The lowest BCUT2D eigenvalue weighted by Gasteiger charge is -2.10. The van der Waals surface area contributed by atoms with Crippen molar-refractivity contribution < 1.29 is 4.74 Å². The van der Waals surface area contributed by atoms with Crippen molar-refractivity contribution in [3.63, 3.8) is 0 Å². The van der Waals surface area contributed by atoms with Crippen LogP contribution in [-0.2, 0) is 11.3 Å². The van der Waals surface area contributed by atoms with Crippen molar-refractivity contribution in [3.05, 3.63) is 34.9 Å². The monoisotopic (exact) mass is 207 g/mol. The summed E-state index contributed by atoms with van der Waals surface area (Å²) in [7, 11) is 0. The second-order valence-electron chi connectivity index (χ2n) is 4.10. The number of ether oxygens (including phenoxy) is 1. The highest BCUT2D eigenvalue weighted by atomic mass is 16.5. The summed E-state index contributed by atoms with van der Waals surface area (Å²) in [4.78, 5) is 0. The predicted octanol–water partition coefficient (Wildman–Crippen LogP) is 2.56. The maximum absolute atomic E-state index is 5.77. The largest absolute Gasteiger partial charge is 0.375 e. The van der Waals surface area contributed by atoms with E-state index in [1.54, 1.807) is 0 Å². The van der Waals surface area contributed by atoms with Crippen molar-refractivity contribution >= 4 is 0 Å². The van der Waals surface area contributed by atoms with Gasteiger partial charge in [0.25, 0.3) is 0 Å². The van der Waals surface area contributed by atoms with Crippen LogP contribution in [0.2, 0.25) is 0 Å². The molecule has 2 N–H and O–H groups in total. The summed E-state index contributed by atoms with van der Waals surface area (Å²) in [5, 5.41) is 0. The number of hydrogen-bond donors (Lipinski definition) is 1.